The number of carbonyl (C=O) groups is 1. The maximum absolute atomic E-state index is 12.1. The summed E-state index contributed by atoms with van der Waals surface area (Å²) in [5.41, 5.74) is 2.46. The van der Waals surface area contributed by atoms with Crippen molar-refractivity contribution in [3.05, 3.63) is 51.7 Å². The molecule has 20 heavy (non-hydrogen) atoms. The van der Waals surface area contributed by atoms with E-state index in [4.69, 9.17) is 0 Å². The van der Waals surface area contributed by atoms with E-state index < -0.39 is 0 Å². The lowest BCUT2D eigenvalue weighted by Crippen LogP contribution is -2.27. The number of hydrogen-bond donors (Lipinski definition) is 0. The second-order valence-corrected chi connectivity index (χ2v) is 6.94. The van der Waals surface area contributed by atoms with E-state index in [9.17, 15) is 4.79 Å². The molecule has 0 aliphatic heterocycles. The van der Waals surface area contributed by atoms with Gasteiger partial charge in [-0.05, 0) is 36.9 Å². The van der Waals surface area contributed by atoms with Crippen LogP contribution in [0.1, 0.15) is 16.0 Å². The van der Waals surface area contributed by atoms with Crippen LogP contribution in [-0.2, 0) is 11.3 Å². The summed E-state index contributed by atoms with van der Waals surface area (Å²) in [6, 6.07) is 10.4. The number of thioether (sulfide) groups is 1. The highest BCUT2D eigenvalue weighted by molar-refractivity contribution is 8.00. The third-order valence-electron chi connectivity index (χ3n) is 3.09. The Kier molecular flexibility index (Phi) is 5.26. The number of benzene rings is 1. The Morgan fingerprint density at radius 3 is 2.80 bits per heavy atom. The molecular formula is C16H19NOS2. The minimum Gasteiger partial charge on any atom is -0.340 e. The molecular weight excluding hydrogens is 286 g/mol. The first-order valence-electron chi connectivity index (χ1n) is 6.52. The summed E-state index contributed by atoms with van der Waals surface area (Å²) >= 11 is 3.31. The van der Waals surface area contributed by atoms with Crippen LogP contribution < -0.4 is 0 Å². The smallest absolute Gasteiger partial charge is 0.233 e. The highest BCUT2D eigenvalue weighted by atomic mass is 32.2. The molecule has 0 saturated carbocycles. The van der Waals surface area contributed by atoms with Gasteiger partial charge in [0.25, 0.3) is 0 Å². The van der Waals surface area contributed by atoms with Crippen LogP contribution in [0.15, 0.2) is 40.6 Å². The number of hydrogen-bond acceptors (Lipinski definition) is 3. The minimum absolute atomic E-state index is 0.171. The maximum atomic E-state index is 12.1. The van der Waals surface area contributed by atoms with Gasteiger partial charge >= 0.3 is 0 Å². The SMILES string of the molecule is Cc1ccc(C)c(SCC(=O)N(C)Cc2cccs2)c1. The molecule has 1 amide bonds. The van der Waals surface area contributed by atoms with Crippen LogP contribution in [0.4, 0.5) is 0 Å². The number of thiophene rings is 1. The Bertz CT molecular complexity index is 578. The van der Waals surface area contributed by atoms with Crippen molar-refractivity contribution in [3.63, 3.8) is 0 Å². The van der Waals surface area contributed by atoms with Crippen molar-refractivity contribution in [1.29, 1.82) is 0 Å². The van der Waals surface area contributed by atoms with E-state index in [0.29, 0.717) is 12.3 Å². The zero-order chi connectivity index (χ0) is 14.5. The van der Waals surface area contributed by atoms with Crippen molar-refractivity contribution in [2.45, 2.75) is 25.3 Å². The van der Waals surface area contributed by atoms with Gasteiger partial charge in [-0.2, -0.15) is 0 Å². The molecule has 106 valence electrons. The van der Waals surface area contributed by atoms with Gasteiger partial charge in [0, 0.05) is 16.8 Å². The molecule has 4 heteroatoms. The summed E-state index contributed by atoms with van der Waals surface area (Å²) in [5.74, 6) is 0.663. The van der Waals surface area contributed by atoms with E-state index in [0.717, 1.165) is 0 Å². The number of amides is 1. The molecule has 1 aromatic heterocycles. The van der Waals surface area contributed by atoms with Crippen LogP contribution >= 0.6 is 23.1 Å². The fourth-order valence-corrected chi connectivity index (χ4v) is 3.66. The molecule has 0 saturated heterocycles. The lowest BCUT2D eigenvalue weighted by molar-refractivity contribution is -0.127. The second-order valence-electron chi connectivity index (χ2n) is 4.89. The molecule has 0 atom stereocenters. The van der Waals surface area contributed by atoms with Crippen LogP contribution in [0, 0.1) is 13.8 Å². The van der Waals surface area contributed by atoms with Gasteiger partial charge in [0.1, 0.15) is 0 Å². The molecule has 0 unspecified atom stereocenters. The van der Waals surface area contributed by atoms with Gasteiger partial charge in [-0.1, -0.05) is 23.8 Å². The summed E-state index contributed by atoms with van der Waals surface area (Å²) in [6.07, 6.45) is 0. The number of aryl methyl sites for hydroxylation is 2. The molecule has 0 aliphatic rings. The third-order valence-corrected chi connectivity index (χ3v) is 5.10. The quantitative estimate of drug-likeness (QED) is 0.775. The van der Waals surface area contributed by atoms with Crippen LogP contribution in [0.3, 0.4) is 0 Å². The number of rotatable bonds is 5. The van der Waals surface area contributed by atoms with Crippen molar-refractivity contribution in [2.24, 2.45) is 0 Å². The first kappa shape index (κ1) is 15.1. The average molecular weight is 305 g/mol. The Labute approximate surface area is 128 Å². The fourth-order valence-electron chi connectivity index (χ4n) is 1.84. The maximum Gasteiger partial charge on any atom is 0.233 e. The van der Waals surface area contributed by atoms with E-state index in [1.807, 2.05) is 18.5 Å². The van der Waals surface area contributed by atoms with Crippen LogP contribution in [0.25, 0.3) is 0 Å². The van der Waals surface area contributed by atoms with Crippen molar-refractivity contribution in [1.82, 2.24) is 4.90 Å². The average Bonchev–Trinajstić information content (AvgIpc) is 2.92. The van der Waals surface area contributed by atoms with Gasteiger partial charge in [0.05, 0.1) is 12.3 Å². The zero-order valence-corrected chi connectivity index (χ0v) is 13.7. The van der Waals surface area contributed by atoms with Crippen molar-refractivity contribution >= 4 is 29.0 Å². The minimum atomic E-state index is 0.171. The van der Waals surface area contributed by atoms with Gasteiger partial charge in [-0.15, -0.1) is 23.1 Å². The standard InChI is InChI=1S/C16H19NOS2/c1-12-6-7-13(2)15(9-12)20-11-16(18)17(3)10-14-5-4-8-19-14/h4-9H,10-11H2,1-3H3. The molecule has 2 nitrogen and oxygen atoms in total. The summed E-state index contributed by atoms with van der Waals surface area (Å²) < 4.78 is 0. The molecule has 0 N–H and O–H groups in total. The van der Waals surface area contributed by atoms with E-state index in [1.165, 1.54) is 20.9 Å². The first-order valence-corrected chi connectivity index (χ1v) is 8.39. The lowest BCUT2D eigenvalue weighted by atomic mass is 10.2. The summed E-state index contributed by atoms with van der Waals surface area (Å²) in [4.78, 5) is 16.4. The van der Waals surface area contributed by atoms with E-state index in [2.05, 4.69) is 38.1 Å². The van der Waals surface area contributed by atoms with Gasteiger partial charge in [0.15, 0.2) is 0 Å². The Morgan fingerprint density at radius 1 is 1.30 bits per heavy atom. The topological polar surface area (TPSA) is 20.3 Å². The fraction of sp³-hybridized carbons (Fsp3) is 0.312. The number of carbonyl (C=O) groups excluding carboxylic acids is 1. The van der Waals surface area contributed by atoms with Gasteiger partial charge in [-0.25, -0.2) is 0 Å². The highest BCUT2D eigenvalue weighted by Gasteiger charge is 2.11. The lowest BCUT2D eigenvalue weighted by Gasteiger charge is -2.16. The van der Waals surface area contributed by atoms with Crippen LogP contribution in [0.2, 0.25) is 0 Å². The molecule has 0 radical (unpaired) electrons. The molecule has 1 heterocycles. The monoisotopic (exact) mass is 305 g/mol. The third kappa shape index (κ3) is 4.12. The van der Waals surface area contributed by atoms with Crippen molar-refractivity contribution in [3.8, 4) is 0 Å². The van der Waals surface area contributed by atoms with Gasteiger partial charge < -0.3 is 4.90 Å². The predicted molar refractivity (Wildman–Crippen MR) is 87.4 cm³/mol. The molecule has 1 aromatic carbocycles. The zero-order valence-electron chi connectivity index (χ0n) is 12.1. The van der Waals surface area contributed by atoms with Crippen LogP contribution in [-0.4, -0.2) is 23.6 Å². The predicted octanol–water partition coefficient (Wildman–Crippen LogP) is 4.12. The summed E-state index contributed by atoms with van der Waals surface area (Å²) in [5, 5.41) is 2.04. The Morgan fingerprint density at radius 2 is 2.10 bits per heavy atom. The van der Waals surface area contributed by atoms with Gasteiger partial charge in [-0.3, -0.25) is 4.79 Å². The highest BCUT2D eigenvalue weighted by Crippen LogP contribution is 2.24. The molecule has 2 rings (SSSR count). The molecule has 0 aliphatic carbocycles. The Balaban J connectivity index is 1.89. The first-order chi connectivity index (χ1) is 9.56. The van der Waals surface area contributed by atoms with Crippen molar-refractivity contribution < 1.29 is 4.79 Å². The van der Waals surface area contributed by atoms with Crippen molar-refractivity contribution in [2.75, 3.05) is 12.8 Å². The van der Waals surface area contributed by atoms with Gasteiger partial charge in [0.2, 0.25) is 5.91 Å². The van der Waals surface area contributed by atoms with E-state index in [-0.39, 0.29) is 5.91 Å². The van der Waals surface area contributed by atoms with E-state index >= 15 is 0 Å². The molecule has 0 bridgehead atoms. The molecule has 0 spiro atoms. The summed E-state index contributed by atoms with van der Waals surface area (Å²) in [7, 11) is 1.87. The summed E-state index contributed by atoms with van der Waals surface area (Å²) in [6.45, 7) is 4.86. The Hall–Kier alpha value is -1.26. The van der Waals surface area contributed by atoms with E-state index in [1.54, 1.807) is 28.0 Å². The molecule has 2 aromatic rings. The number of nitrogens with zero attached hydrogens (tertiary/aromatic N) is 1. The normalized spacial score (nSPS) is 10.6. The molecule has 0 fully saturated rings. The van der Waals surface area contributed by atoms with Crippen LogP contribution in [0.5, 0.6) is 0 Å². The largest absolute Gasteiger partial charge is 0.340 e. The second kappa shape index (κ2) is 6.95.